The number of benzene rings is 2. The number of hydrogen-bond donors (Lipinski definition) is 2. The van der Waals surface area contributed by atoms with E-state index in [2.05, 4.69) is 16.3 Å². The summed E-state index contributed by atoms with van der Waals surface area (Å²) < 4.78 is 10.7. The van der Waals surface area contributed by atoms with Crippen LogP contribution in [0.25, 0.3) is 0 Å². The molecule has 2 N–H and O–H groups in total. The van der Waals surface area contributed by atoms with Crippen LogP contribution in [-0.2, 0) is 17.8 Å². The van der Waals surface area contributed by atoms with Crippen molar-refractivity contribution in [2.24, 2.45) is 0 Å². The summed E-state index contributed by atoms with van der Waals surface area (Å²) >= 11 is 6.02. The van der Waals surface area contributed by atoms with E-state index < -0.39 is 0 Å². The summed E-state index contributed by atoms with van der Waals surface area (Å²) in [4.78, 5) is 15.0. The molecule has 6 nitrogen and oxygen atoms in total. The highest BCUT2D eigenvalue weighted by molar-refractivity contribution is 6.32. The molecule has 1 fully saturated rings. The maximum atomic E-state index is 12.6. The molecule has 0 unspecified atom stereocenters. The molecule has 0 aromatic heterocycles. The number of nitrogens with zero attached hydrogens (tertiary/aromatic N) is 1. The lowest BCUT2D eigenvalue weighted by Gasteiger charge is -2.27. The first-order chi connectivity index (χ1) is 13.6. The molecule has 7 heteroatoms. The molecule has 2 aromatic rings. The number of carbonyl (C=O) groups is 1. The molecule has 2 aromatic carbocycles. The van der Waals surface area contributed by atoms with Gasteiger partial charge in [-0.15, -0.1) is 0 Å². The van der Waals surface area contributed by atoms with Crippen molar-refractivity contribution in [2.45, 2.75) is 20.0 Å². The van der Waals surface area contributed by atoms with Crippen LogP contribution >= 0.6 is 11.6 Å². The van der Waals surface area contributed by atoms with Gasteiger partial charge in [0.15, 0.2) is 11.5 Å². The van der Waals surface area contributed by atoms with Crippen LogP contribution in [0.15, 0.2) is 36.4 Å². The number of phenolic OH excluding ortho intramolecular Hbond substituents is 1. The van der Waals surface area contributed by atoms with Crippen molar-refractivity contribution in [1.82, 2.24) is 10.2 Å². The van der Waals surface area contributed by atoms with Gasteiger partial charge in [-0.2, -0.15) is 0 Å². The topological polar surface area (TPSA) is 71.0 Å². The fraction of sp³-hybridized carbons (Fsp3) is 0.381. The quantitative estimate of drug-likeness (QED) is 0.741. The average Bonchev–Trinajstić information content (AvgIpc) is 2.71. The predicted octanol–water partition coefficient (Wildman–Crippen LogP) is 3.21. The maximum absolute atomic E-state index is 12.6. The molecule has 1 saturated heterocycles. The third-order valence-corrected chi connectivity index (χ3v) is 4.93. The van der Waals surface area contributed by atoms with Crippen molar-refractivity contribution in [3.63, 3.8) is 0 Å². The van der Waals surface area contributed by atoms with Crippen molar-refractivity contribution in [3.8, 4) is 11.5 Å². The number of ether oxygens (including phenoxy) is 2. The zero-order chi connectivity index (χ0) is 19.9. The van der Waals surface area contributed by atoms with E-state index in [-0.39, 0.29) is 22.4 Å². The standard InChI is InChI=1S/C21H25ClN2O4/c1-2-28-19-12-17(11-18(22)20(19)25)21(26)23-13-15-5-3-4-6-16(15)14-24-7-9-27-10-8-24/h3-6,11-12,25H,2,7-10,13-14H2,1H3,(H,23,26). The minimum Gasteiger partial charge on any atom is -0.503 e. The monoisotopic (exact) mass is 404 g/mol. The van der Waals surface area contributed by atoms with Crippen molar-refractivity contribution >= 4 is 17.5 Å². The fourth-order valence-corrected chi connectivity index (χ4v) is 3.34. The minimum atomic E-state index is -0.274. The highest BCUT2D eigenvalue weighted by atomic mass is 35.5. The molecule has 0 radical (unpaired) electrons. The summed E-state index contributed by atoms with van der Waals surface area (Å²) in [6, 6.07) is 11.0. The van der Waals surface area contributed by atoms with Gasteiger partial charge in [0, 0.05) is 31.7 Å². The van der Waals surface area contributed by atoms with Crippen LogP contribution < -0.4 is 10.1 Å². The Morgan fingerprint density at radius 1 is 1.25 bits per heavy atom. The number of phenols is 1. The van der Waals surface area contributed by atoms with E-state index >= 15 is 0 Å². The second kappa shape index (κ2) is 9.78. The van der Waals surface area contributed by atoms with E-state index in [1.165, 1.54) is 17.7 Å². The Balaban J connectivity index is 1.68. The maximum Gasteiger partial charge on any atom is 0.251 e. The Morgan fingerprint density at radius 3 is 2.68 bits per heavy atom. The van der Waals surface area contributed by atoms with Crippen LogP contribution in [0, 0.1) is 0 Å². The van der Waals surface area contributed by atoms with Crippen LogP contribution in [-0.4, -0.2) is 48.8 Å². The Bertz CT molecular complexity index is 822. The largest absolute Gasteiger partial charge is 0.503 e. The van der Waals surface area contributed by atoms with Gasteiger partial charge in [0.05, 0.1) is 24.8 Å². The molecule has 0 spiro atoms. The predicted molar refractivity (Wildman–Crippen MR) is 108 cm³/mol. The molecule has 0 atom stereocenters. The number of halogens is 1. The van der Waals surface area contributed by atoms with Gasteiger partial charge < -0.3 is 19.9 Å². The molecule has 0 aliphatic carbocycles. The molecule has 0 saturated carbocycles. The molecule has 1 amide bonds. The zero-order valence-corrected chi connectivity index (χ0v) is 16.7. The molecule has 1 aliphatic heterocycles. The van der Waals surface area contributed by atoms with Crippen LogP contribution in [0.5, 0.6) is 11.5 Å². The summed E-state index contributed by atoms with van der Waals surface area (Å²) in [5, 5.41) is 13.0. The van der Waals surface area contributed by atoms with Gasteiger partial charge in [0.2, 0.25) is 0 Å². The van der Waals surface area contributed by atoms with E-state index in [9.17, 15) is 9.90 Å². The lowest BCUT2D eigenvalue weighted by molar-refractivity contribution is 0.0340. The number of carbonyl (C=O) groups excluding carboxylic acids is 1. The minimum absolute atomic E-state index is 0.0869. The SMILES string of the molecule is CCOc1cc(C(=O)NCc2ccccc2CN2CCOCC2)cc(Cl)c1O. The molecule has 3 rings (SSSR count). The van der Waals surface area contributed by atoms with E-state index in [1.54, 1.807) is 6.92 Å². The first-order valence-corrected chi connectivity index (χ1v) is 9.76. The van der Waals surface area contributed by atoms with Gasteiger partial charge in [-0.05, 0) is 30.2 Å². The van der Waals surface area contributed by atoms with Gasteiger partial charge in [0.25, 0.3) is 5.91 Å². The Labute approximate surface area is 170 Å². The Morgan fingerprint density at radius 2 is 1.96 bits per heavy atom. The lowest BCUT2D eigenvalue weighted by Crippen LogP contribution is -2.36. The number of aromatic hydroxyl groups is 1. The van der Waals surface area contributed by atoms with E-state index in [0.717, 1.165) is 38.4 Å². The molecular weight excluding hydrogens is 380 g/mol. The second-order valence-corrected chi connectivity index (χ2v) is 6.98. The van der Waals surface area contributed by atoms with E-state index in [4.69, 9.17) is 21.1 Å². The molecule has 28 heavy (non-hydrogen) atoms. The Hall–Kier alpha value is -2.28. The zero-order valence-electron chi connectivity index (χ0n) is 15.9. The van der Waals surface area contributed by atoms with Gasteiger partial charge in [-0.25, -0.2) is 0 Å². The number of amides is 1. The molecule has 1 aliphatic rings. The number of morpholine rings is 1. The smallest absolute Gasteiger partial charge is 0.251 e. The highest BCUT2D eigenvalue weighted by Gasteiger charge is 2.16. The van der Waals surface area contributed by atoms with Gasteiger partial charge in [-0.1, -0.05) is 35.9 Å². The van der Waals surface area contributed by atoms with Crippen LogP contribution in [0.3, 0.4) is 0 Å². The highest BCUT2D eigenvalue weighted by Crippen LogP contribution is 2.35. The molecule has 150 valence electrons. The summed E-state index contributed by atoms with van der Waals surface area (Å²) in [6.45, 7) is 6.72. The fourth-order valence-electron chi connectivity index (χ4n) is 3.13. The Kier molecular flexibility index (Phi) is 7.14. The molecule has 0 bridgehead atoms. The summed E-state index contributed by atoms with van der Waals surface area (Å²) in [6.07, 6.45) is 0. The van der Waals surface area contributed by atoms with Crippen molar-refractivity contribution in [3.05, 3.63) is 58.1 Å². The van der Waals surface area contributed by atoms with E-state index in [1.807, 2.05) is 18.2 Å². The summed E-state index contributed by atoms with van der Waals surface area (Å²) in [5.74, 6) is -0.229. The van der Waals surface area contributed by atoms with Crippen molar-refractivity contribution in [1.29, 1.82) is 0 Å². The number of hydrogen-bond acceptors (Lipinski definition) is 5. The molecule has 1 heterocycles. The van der Waals surface area contributed by atoms with Crippen LogP contribution in [0.2, 0.25) is 5.02 Å². The number of rotatable bonds is 7. The first kappa shape index (κ1) is 20.5. The normalized spacial score (nSPS) is 14.6. The average molecular weight is 405 g/mol. The van der Waals surface area contributed by atoms with Crippen molar-refractivity contribution < 1.29 is 19.4 Å². The van der Waals surface area contributed by atoms with Gasteiger partial charge in [-0.3, -0.25) is 9.69 Å². The van der Waals surface area contributed by atoms with Crippen molar-refractivity contribution in [2.75, 3.05) is 32.9 Å². The van der Waals surface area contributed by atoms with Crippen LogP contribution in [0.4, 0.5) is 0 Å². The lowest BCUT2D eigenvalue weighted by atomic mass is 10.1. The molecular formula is C21H25ClN2O4. The van der Waals surface area contributed by atoms with Gasteiger partial charge >= 0.3 is 0 Å². The summed E-state index contributed by atoms with van der Waals surface area (Å²) in [7, 11) is 0. The van der Waals surface area contributed by atoms with E-state index in [0.29, 0.717) is 18.7 Å². The second-order valence-electron chi connectivity index (χ2n) is 6.58. The third-order valence-electron chi connectivity index (χ3n) is 4.65. The van der Waals surface area contributed by atoms with Gasteiger partial charge in [0.1, 0.15) is 0 Å². The van der Waals surface area contributed by atoms with Crippen LogP contribution in [0.1, 0.15) is 28.4 Å². The first-order valence-electron chi connectivity index (χ1n) is 9.39. The summed E-state index contributed by atoms with van der Waals surface area (Å²) in [5.41, 5.74) is 2.60. The third kappa shape index (κ3) is 5.16. The number of nitrogens with one attached hydrogen (secondary N) is 1.